The van der Waals surface area contributed by atoms with Crippen LogP contribution >= 0.6 is 0 Å². The molecule has 3 aromatic rings. The molecule has 0 aliphatic rings. The number of hydrogen-bond acceptors (Lipinski definition) is 5. The number of hydrogen-bond donors (Lipinski definition) is 1. The lowest BCUT2D eigenvalue weighted by atomic mass is 10.0. The van der Waals surface area contributed by atoms with Gasteiger partial charge in [0.05, 0.1) is 30.2 Å². The summed E-state index contributed by atoms with van der Waals surface area (Å²) < 4.78 is 17.3. The second-order valence-corrected chi connectivity index (χ2v) is 8.01. The highest BCUT2D eigenvalue weighted by molar-refractivity contribution is 5.89. The van der Waals surface area contributed by atoms with E-state index in [0.29, 0.717) is 22.9 Å². The Balaban J connectivity index is 2.02. The minimum Gasteiger partial charge on any atom is -0.497 e. The maximum Gasteiger partial charge on any atom is 0.337 e. The number of pyridine rings is 1. The molecule has 0 aliphatic carbocycles. The molecule has 32 heavy (non-hydrogen) atoms. The molecule has 1 heterocycles. The second-order valence-electron chi connectivity index (χ2n) is 8.01. The van der Waals surface area contributed by atoms with E-state index in [4.69, 9.17) is 14.2 Å². The highest BCUT2D eigenvalue weighted by atomic mass is 16.5. The molecule has 0 fully saturated rings. The predicted octanol–water partition coefficient (Wildman–Crippen LogP) is 5.95. The Bertz CT molecular complexity index is 1090. The van der Waals surface area contributed by atoms with Gasteiger partial charge < -0.3 is 19.3 Å². The van der Waals surface area contributed by atoms with Crippen molar-refractivity contribution in [3.8, 4) is 28.5 Å². The van der Waals surface area contributed by atoms with Crippen LogP contribution in [0.15, 0.2) is 54.6 Å². The molecular weight excluding hydrogens is 406 g/mol. The normalized spacial score (nSPS) is 11.0. The third kappa shape index (κ3) is 5.38. The first-order valence-electron chi connectivity index (χ1n) is 10.6. The van der Waals surface area contributed by atoms with Gasteiger partial charge in [0, 0.05) is 5.56 Å². The smallest absolute Gasteiger partial charge is 0.337 e. The molecule has 0 saturated carbocycles. The van der Waals surface area contributed by atoms with Crippen molar-refractivity contribution in [2.75, 3.05) is 7.11 Å². The first kappa shape index (κ1) is 23.1. The fourth-order valence-corrected chi connectivity index (χ4v) is 3.38. The number of carbonyl (C=O) groups is 1. The zero-order chi connectivity index (χ0) is 23.3. The predicted molar refractivity (Wildman–Crippen MR) is 124 cm³/mol. The van der Waals surface area contributed by atoms with Crippen LogP contribution in [0.4, 0.5) is 0 Å². The first-order valence-corrected chi connectivity index (χ1v) is 10.6. The summed E-state index contributed by atoms with van der Waals surface area (Å²) in [7, 11) is 1.59. The summed E-state index contributed by atoms with van der Waals surface area (Å²) in [4.78, 5) is 16.5. The van der Waals surface area contributed by atoms with Gasteiger partial charge in [0.15, 0.2) is 0 Å². The lowest BCUT2D eigenvalue weighted by Crippen LogP contribution is -2.10. The number of aromatic nitrogens is 1. The average molecular weight is 436 g/mol. The molecule has 0 saturated heterocycles. The third-order valence-electron chi connectivity index (χ3n) is 4.94. The first-order chi connectivity index (χ1) is 15.3. The number of carboxylic acid groups (broad SMARTS) is 1. The van der Waals surface area contributed by atoms with Crippen LogP contribution in [-0.4, -0.2) is 29.3 Å². The Kier molecular flexibility index (Phi) is 7.36. The zero-order valence-electron chi connectivity index (χ0n) is 19.1. The van der Waals surface area contributed by atoms with Crippen LogP contribution in [0, 0.1) is 0 Å². The number of carboxylic acids is 1. The Morgan fingerprint density at radius 2 is 1.75 bits per heavy atom. The van der Waals surface area contributed by atoms with E-state index >= 15 is 0 Å². The van der Waals surface area contributed by atoms with Crippen LogP contribution < -0.4 is 14.2 Å². The van der Waals surface area contributed by atoms with E-state index in [1.54, 1.807) is 19.2 Å². The van der Waals surface area contributed by atoms with Crippen molar-refractivity contribution in [1.29, 1.82) is 0 Å². The monoisotopic (exact) mass is 435 g/mol. The van der Waals surface area contributed by atoms with E-state index in [1.807, 2.05) is 56.3 Å². The van der Waals surface area contributed by atoms with Gasteiger partial charge in [0.25, 0.3) is 0 Å². The number of benzene rings is 2. The van der Waals surface area contributed by atoms with Crippen LogP contribution in [0.3, 0.4) is 0 Å². The highest BCUT2D eigenvalue weighted by Crippen LogP contribution is 2.34. The van der Waals surface area contributed by atoms with Crippen molar-refractivity contribution in [2.24, 2.45) is 0 Å². The fraction of sp³-hybridized carbons (Fsp3) is 0.308. The van der Waals surface area contributed by atoms with Gasteiger partial charge in [-0.15, -0.1) is 0 Å². The SMILES string of the molecule is COc1ccc(OC(C)C)c(-c2ccc(C(=O)O)c(COc3ccccc3C(C)C)n2)c1. The minimum atomic E-state index is -1.05. The topological polar surface area (TPSA) is 77.9 Å². The van der Waals surface area contributed by atoms with Crippen LogP contribution in [0.25, 0.3) is 11.3 Å². The van der Waals surface area contributed by atoms with Gasteiger partial charge in [-0.2, -0.15) is 0 Å². The maximum atomic E-state index is 11.8. The summed E-state index contributed by atoms with van der Waals surface area (Å²) >= 11 is 0. The zero-order valence-corrected chi connectivity index (χ0v) is 19.1. The number of rotatable bonds is 9. The largest absolute Gasteiger partial charge is 0.497 e. The van der Waals surface area contributed by atoms with Crippen molar-refractivity contribution in [3.63, 3.8) is 0 Å². The lowest BCUT2D eigenvalue weighted by Gasteiger charge is -2.17. The molecule has 168 valence electrons. The molecule has 6 nitrogen and oxygen atoms in total. The molecule has 3 rings (SSSR count). The molecule has 0 radical (unpaired) electrons. The van der Waals surface area contributed by atoms with E-state index in [9.17, 15) is 9.90 Å². The van der Waals surface area contributed by atoms with Gasteiger partial charge >= 0.3 is 5.97 Å². The van der Waals surface area contributed by atoms with E-state index in [1.165, 1.54) is 0 Å². The molecule has 0 amide bonds. The molecule has 2 aromatic carbocycles. The maximum absolute atomic E-state index is 11.8. The summed E-state index contributed by atoms with van der Waals surface area (Å²) in [6, 6.07) is 16.5. The van der Waals surface area contributed by atoms with Gasteiger partial charge in [-0.1, -0.05) is 32.0 Å². The Hall–Kier alpha value is -3.54. The fourth-order valence-electron chi connectivity index (χ4n) is 3.38. The summed E-state index contributed by atoms with van der Waals surface area (Å²) in [6.07, 6.45) is -0.0317. The molecule has 0 unspecified atom stereocenters. The molecule has 0 aliphatic heterocycles. The van der Waals surface area contributed by atoms with E-state index in [2.05, 4.69) is 18.8 Å². The Morgan fingerprint density at radius 1 is 1.00 bits per heavy atom. The van der Waals surface area contributed by atoms with Gasteiger partial charge in [0.1, 0.15) is 23.9 Å². The van der Waals surface area contributed by atoms with E-state index in [0.717, 1.165) is 16.9 Å². The molecule has 6 heteroatoms. The number of methoxy groups -OCH3 is 1. The summed E-state index contributed by atoms with van der Waals surface area (Å²) in [5.41, 5.74) is 2.80. The van der Waals surface area contributed by atoms with Crippen molar-refractivity contribution < 1.29 is 24.1 Å². The number of ether oxygens (including phenoxy) is 3. The standard InChI is InChI=1S/C26H29NO5/c1-16(2)19-8-6-7-9-24(19)31-15-23-20(26(28)29)11-12-22(27-23)21-14-18(30-5)10-13-25(21)32-17(3)4/h6-14,16-17H,15H2,1-5H3,(H,28,29). The van der Waals surface area contributed by atoms with E-state index < -0.39 is 5.97 Å². The van der Waals surface area contributed by atoms with Gasteiger partial charge in [-0.05, 0) is 61.7 Å². The van der Waals surface area contributed by atoms with Crippen LogP contribution in [0.2, 0.25) is 0 Å². The molecular formula is C26H29NO5. The molecule has 1 N–H and O–H groups in total. The Labute approximate surface area is 188 Å². The number of aromatic carboxylic acids is 1. The molecule has 0 atom stereocenters. The van der Waals surface area contributed by atoms with Crippen LogP contribution in [0.1, 0.15) is 55.2 Å². The Morgan fingerprint density at radius 3 is 2.41 bits per heavy atom. The summed E-state index contributed by atoms with van der Waals surface area (Å²) in [5, 5.41) is 9.68. The van der Waals surface area contributed by atoms with Crippen molar-refractivity contribution in [1.82, 2.24) is 4.98 Å². The minimum absolute atomic E-state index is 0.0313. The van der Waals surface area contributed by atoms with Crippen LogP contribution in [-0.2, 0) is 6.61 Å². The van der Waals surface area contributed by atoms with Crippen molar-refractivity contribution in [2.45, 2.75) is 46.3 Å². The molecule has 0 bridgehead atoms. The van der Waals surface area contributed by atoms with Gasteiger partial charge in [-0.25, -0.2) is 9.78 Å². The average Bonchev–Trinajstić information content (AvgIpc) is 2.77. The third-order valence-corrected chi connectivity index (χ3v) is 4.94. The van der Waals surface area contributed by atoms with Crippen molar-refractivity contribution >= 4 is 5.97 Å². The highest BCUT2D eigenvalue weighted by Gasteiger charge is 2.18. The molecule has 1 aromatic heterocycles. The summed E-state index contributed by atoms with van der Waals surface area (Å²) in [6.45, 7) is 8.09. The van der Waals surface area contributed by atoms with Crippen LogP contribution in [0.5, 0.6) is 17.2 Å². The van der Waals surface area contributed by atoms with E-state index in [-0.39, 0.29) is 24.2 Å². The molecule has 0 spiro atoms. The lowest BCUT2D eigenvalue weighted by molar-refractivity contribution is 0.0693. The van der Waals surface area contributed by atoms with Gasteiger partial charge in [0.2, 0.25) is 0 Å². The van der Waals surface area contributed by atoms with Crippen molar-refractivity contribution in [3.05, 3.63) is 71.4 Å². The number of nitrogens with zero attached hydrogens (tertiary/aromatic N) is 1. The number of para-hydroxylation sites is 1. The quantitative estimate of drug-likeness (QED) is 0.448. The second kappa shape index (κ2) is 10.2. The van der Waals surface area contributed by atoms with Gasteiger partial charge in [-0.3, -0.25) is 0 Å². The summed E-state index contributed by atoms with van der Waals surface area (Å²) in [5.74, 6) is 1.24.